The van der Waals surface area contributed by atoms with Gasteiger partial charge in [-0.25, -0.2) is 4.98 Å². The third-order valence-electron chi connectivity index (χ3n) is 9.14. The van der Waals surface area contributed by atoms with Crippen LogP contribution in [0.1, 0.15) is 51.1 Å². The first-order valence-electron chi connectivity index (χ1n) is 17.4. The highest BCUT2D eigenvalue weighted by molar-refractivity contribution is 6.04. The van der Waals surface area contributed by atoms with Gasteiger partial charge >= 0.3 is 6.18 Å². The highest BCUT2D eigenvalue weighted by Crippen LogP contribution is 2.35. The number of nitrogens with zero attached hydrogens (tertiary/aromatic N) is 7. The number of imidazole rings is 1. The molecule has 10 nitrogen and oxygen atoms in total. The van der Waals surface area contributed by atoms with E-state index in [1.165, 1.54) is 12.1 Å². The molecule has 1 aliphatic rings. The molecule has 1 aliphatic heterocycles. The predicted molar refractivity (Wildman–Crippen MR) is 198 cm³/mol. The van der Waals surface area contributed by atoms with Crippen molar-refractivity contribution in [3.8, 4) is 11.8 Å². The molecule has 6 rings (SSSR count). The molecule has 1 amide bonds. The molecule has 1 saturated heterocycles. The average molecular weight is 712 g/mol. The van der Waals surface area contributed by atoms with Gasteiger partial charge in [0.2, 0.25) is 0 Å². The number of aryl methyl sites for hydroxylation is 2. The van der Waals surface area contributed by atoms with E-state index in [0.29, 0.717) is 23.4 Å². The number of alkyl halides is 3. The number of anilines is 3. The van der Waals surface area contributed by atoms with Gasteiger partial charge in [0.25, 0.3) is 5.91 Å². The minimum absolute atomic E-state index is 0.0803. The molecular formula is C39H44F3N9O. The molecule has 0 aliphatic carbocycles. The minimum Gasteiger partial charge on any atom is -0.350 e. The lowest BCUT2D eigenvalue weighted by Gasteiger charge is -2.23. The van der Waals surface area contributed by atoms with Crippen LogP contribution in [0, 0.1) is 18.8 Å². The molecule has 272 valence electrons. The van der Waals surface area contributed by atoms with E-state index in [0.717, 1.165) is 68.6 Å². The van der Waals surface area contributed by atoms with Crippen molar-refractivity contribution in [2.24, 2.45) is 0 Å². The van der Waals surface area contributed by atoms with Gasteiger partial charge in [0.1, 0.15) is 5.69 Å². The number of hydrogen-bond acceptors (Lipinski definition) is 7. The topological polar surface area (TPSA) is 86.0 Å². The van der Waals surface area contributed by atoms with Crippen LogP contribution in [-0.4, -0.2) is 93.6 Å². The normalized spacial score (nSPS) is 14.3. The molecule has 52 heavy (non-hydrogen) atoms. The van der Waals surface area contributed by atoms with Crippen LogP contribution in [0.3, 0.4) is 0 Å². The Balaban J connectivity index is 1.16. The molecule has 0 spiro atoms. The Bertz CT molecular complexity index is 2090. The zero-order chi connectivity index (χ0) is 36.8. The van der Waals surface area contributed by atoms with Gasteiger partial charge in [-0.1, -0.05) is 18.1 Å². The zero-order valence-corrected chi connectivity index (χ0v) is 30.0. The van der Waals surface area contributed by atoms with E-state index >= 15 is 0 Å². The molecule has 0 saturated carbocycles. The number of rotatable bonds is 10. The molecule has 0 unspecified atom stereocenters. The van der Waals surface area contributed by atoms with Crippen molar-refractivity contribution in [1.82, 2.24) is 33.9 Å². The van der Waals surface area contributed by atoms with Gasteiger partial charge in [0, 0.05) is 55.4 Å². The van der Waals surface area contributed by atoms with Gasteiger partial charge in [-0.15, -0.1) is 0 Å². The second-order valence-electron chi connectivity index (χ2n) is 13.6. The lowest BCUT2D eigenvalue weighted by atomic mass is 10.0. The third-order valence-corrected chi connectivity index (χ3v) is 9.14. The molecular weight excluding hydrogens is 667 g/mol. The van der Waals surface area contributed by atoms with E-state index < -0.39 is 17.6 Å². The molecule has 0 atom stereocenters. The monoisotopic (exact) mass is 711 g/mol. The standard InChI is InChI=1S/C39H44F3N9O/c1-28-9-10-30(38(52)46-32-13-11-31(35(23-32)39(40,41)42)26-49-17-7-16-48(4)20-21-49)22-29(28)12-14-34-25-43-37-36(8-5-19-51(34)37)45-33-24-44-50(27-33)18-6-15-47(2)3/h5,8-11,13,19,22-25,27,45H,6-7,15-18,20-21,26H2,1-4H3,(H,46,52). The molecule has 0 bridgehead atoms. The van der Waals surface area contributed by atoms with E-state index in [2.05, 4.69) is 61.4 Å². The Kier molecular flexibility index (Phi) is 11.3. The maximum atomic E-state index is 14.2. The number of likely N-dealkylation sites (N-methyl/N-ethyl adjacent to an activating group) is 1. The van der Waals surface area contributed by atoms with E-state index in [1.54, 1.807) is 30.6 Å². The van der Waals surface area contributed by atoms with Crippen molar-refractivity contribution >= 4 is 28.6 Å². The minimum atomic E-state index is -4.56. The van der Waals surface area contributed by atoms with Crippen LogP contribution < -0.4 is 10.6 Å². The fourth-order valence-corrected chi connectivity index (χ4v) is 6.24. The molecule has 1 fully saturated rings. The van der Waals surface area contributed by atoms with Crippen molar-refractivity contribution in [1.29, 1.82) is 0 Å². The van der Waals surface area contributed by atoms with Crippen molar-refractivity contribution < 1.29 is 18.0 Å². The number of amides is 1. The van der Waals surface area contributed by atoms with Crippen LogP contribution in [-0.2, 0) is 19.3 Å². The number of benzene rings is 2. The number of pyridine rings is 1. The van der Waals surface area contributed by atoms with E-state index in [4.69, 9.17) is 0 Å². The van der Waals surface area contributed by atoms with Crippen molar-refractivity contribution in [2.45, 2.75) is 39.0 Å². The molecule has 4 heterocycles. The smallest absolute Gasteiger partial charge is 0.350 e. The first-order chi connectivity index (χ1) is 24.9. The van der Waals surface area contributed by atoms with Gasteiger partial charge in [-0.05, 0) is 114 Å². The first-order valence-corrected chi connectivity index (χ1v) is 17.4. The van der Waals surface area contributed by atoms with Crippen LogP contribution in [0.2, 0.25) is 0 Å². The highest BCUT2D eigenvalue weighted by Gasteiger charge is 2.34. The van der Waals surface area contributed by atoms with Gasteiger partial charge in [0.05, 0.1) is 29.3 Å². The summed E-state index contributed by atoms with van der Waals surface area (Å²) in [7, 11) is 6.12. The number of aromatic nitrogens is 4. The molecule has 3 aromatic heterocycles. The second-order valence-corrected chi connectivity index (χ2v) is 13.6. The fraction of sp³-hybridized carbons (Fsp3) is 0.359. The average Bonchev–Trinajstić information content (AvgIpc) is 3.67. The largest absolute Gasteiger partial charge is 0.416 e. The van der Waals surface area contributed by atoms with Gasteiger partial charge < -0.3 is 20.4 Å². The van der Waals surface area contributed by atoms with Crippen LogP contribution in [0.4, 0.5) is 30.2 Å². The Morgan fingerprint density at radius 2 is 1.85 bits per heavy atom. The van der Waals surface area contributed by atoms with Crippen molar-refractivity contribution in [3.05, 3.63) is 107 Å². The molecule has 5 aromatic rings. The Morgan fingerprint density at radius 1 is 1.00 bits per heavy atom. The van der Waals surface area contributed by atoms with Crippen molar-refractivity contribution in [3.63, 3.8) is 0 Å². The number of fused-ring (bicyclic) bond motifs is 1. The van der Waals surface area contributed by atoms with Gasteiger partial charge in [-0.3, -0.25) is 18.8 Å². The highest BCUT2D eigenvalue weighted by atomic mass is 19.4. The molecule has 2 N–H and O–H groups in total. The Morgan fingerprint density at radius 3 is 2.65 bits per heavy atom. The first kappa shape index (κ1) is 36.6. The summed E-state index contributed by atoms with van der Waals surface area (Å²) in [4.78, 5) is 24.3. The van der Waals surface area contributed by atoms with Crippen molar-refractivity contribution in [2.75, 3.05) is 64.5 Å². The summed E-state index contributed by atoms with van der Waals surface area (Å²) in [5.41, 5.74) is 4.29. The van der Waals surface area contributed by atoms with E-state index in [1.807, 2.05) is 47.6 Å². The summed E-state index contributed by atoms with van der Waals surface area (Å²) in [6.45, 7) is 7.05. The molecule has 0 radical (unpaired) electrons. The summed E-state index contributed by atoms with van der Waals surface area (Å²) in [5.74, 6) is 5.82. The summed E-state index contributed by atoms with van der Waals surface area (Å²) in [5, 5.41) is 10.5. The number of nitrogens with one attached hydrogen (secondary N) is 2. The maximum absolute atomic E-state index is 14.2. The summed E-state index contributed by atoms with van der Waals surface area (Å²) in [6, 6.07) is 12.9. The number of halogens is 3. The maximum Gasteiger partial charge on any atom is 0.416 e. The Hall–Kier alpha value is -5.16. The van der Waals surface area contributed by atoms with Crippen LogP contribution in [0.5, 0.6) is 0 Å². The van der Waals surface area contributed by atoms with E-state index in [9.17, 15) is 18.0 Å². The predicted octanol–water partition coefficient (Wildman–Crippen LogP) is 6.34. The summed E-state index contributed by atoms with van der Waals surface area (Å²) in [6.07, 6.45) is 4.66. The third kappa shape index (κ3) is 9.19. The van der Waals surface area contributed by atoms with Crippen LogP contribution in [0.15, 0.2) is 73.3 Å². The molecule has 2 aromatic carbocycles. The second kappa shape index (κ2) is 16.0. The SMILES string of the molecule is Cc1ccc(C(=O)Nc2ccc(CN3CCCN(C)CC3)c(C(F)(F)F)c2)cc1C#Cc1cnc2c(Nc3cnn(CCCN(C)C)c3)cccn12. The Labute approximate surface area is 302 Å². The van der Waals surface area contributed by atoms with Crippen LogP contribution >= 0.6 is 0 Å². The number of hydrogen-bond donors (Lipinski definition) is 2. The molecule has 13 heteroatoms. The van der Waals surface area contributed by atoms with Gasteiger partial charge in [-0.2, -0.15) is 18.3 Å². The summed E-state index contributed by atoms with van der Waals surface area (Å²) < 4.78 is 46.4. The summed E-state index contributed by atoms with van der Waals surface area (Å²) >= 11 is 0. The lowest BCUT2D eigenvalue weighted by Crippen LogP contribution is -2.29. The van der Waals surface area contributed by atoms with Crippen LogP contribution in [0.25, 0.3) is 5.65 Å². The quantitative estimate of drug-likeness (QED) is 0.164. The fourth-order valence-electron chi connectivity index (χ4n) is 6.24. The van der Waals surface area contributed by atoms with E-state index in [-0.39, 0.29) is 23.4 Å². The lowest BCUT2D eigenvalue weighted by molar-refractivity contribution is -0.138. The zero-order valence-electron chi connectivity index (χ0n) is 30.0. The van der Waals surface area contributed by atoms with Gasteiger partial charge in [0.15, 0.2) is 5.65 Å². The number of carbonyl (C=O) groups excluding carboxylic acids is 1. The number of carbonyl (C=O) groups is 1.